The summed E-state index contributed by atoms with van der Waals surface area (Å²) in [6.45, 7) is 0. The van der Waals surface area contributed by atoms with Crippen LogP contribution in [0.5, 0.6) is 0 Å². The van der Waals surface area contributed by atoms with Gasteiger partial charge in [-0.1, -0.05) is 25.7 Å². The van der Waals surface area contributed by atoms with Crippen LogP contribution >= 0.6 is 0 Å². The molecule has 3 rings (SSSR count). The number of nitrogens with two attached hydrogens (primary N) is 1. The minimum Gasteiger partial charge on any atom is -0.388 e. The standard InChI is InChI=1S/C13H23NO/c14-13(9-10-4-5-11(13)8-10)12(15)6-2-1-3-7-12/h10-11,15H,1-9,14H2. The minimum absolute atomic E-state index is 0.226. The molecule has 3 fully saturated rings. The van der Waals surface area contributed by atoms with Gasteiger partial charge in [-0.25, -0.2) is 0 Å². The first-order valence-corrected chi connectivity index (χ1v) is 6.65. The van der Waals surface area contributed by atoms with Gasteiger partial charge in [0.2, 0.25) is 0 Å². The van der Waals surface area contributed by atoms with Crippen molar-refractivity contribution in [2.45, 2.75) is 68.9 Å². The van der Waals surface area contributed by atoms with Gasteiger partial charge in [0.05, 0.1) is 5.60 Å². The summed E-state index contributed by atoms with van der Waals surface area (Å²) in [5.74, 6) is 1.44. The van der Waals surface area contributed by atoms with Gasteiger partial charge >= 0.3 is 0 Å². The first kappa shape index (κ1) is 10.1. The van der Waals surface area contributed by atoms with Gasteiger partial charge in [-0.2, -0.15) is 0 Å². The maximum Gasteiger partial charge on any atom is 0.0829 e. The van der Waals surface area contributed by atoms with Gasteiger partial charge < -0.3 is 10.8 Å². The Kier molecular flexibility index (Phi) is 2.16. The molecule has 3 aliphatic rings. The van der Waals surface area contributed by atoms with E-state index in [1.54, 1.807) is 0 Å². The zero-order chi connectivity index (χ0) is 10.5. The topological polar surface area (TPSA) is 46.2 Å². The highest BCUT2D eigenvalue weighted by Crippen LogP contribution is 2.56. The molecule has 0 spiro atoms. The highest BCUT2D eigenvalue weighted by atomic mass is 16.3. The molecule has 0 aromatic rings. The zero-order valence-corrected chi connectivity index (χ0v) is 9.54. The summed E-state index contributed by atoms with van der Waals surface area (Å²) in [4.78, 5) is 0. The van der Waals surface area contributed by atoms with E-state index in [4.69, 9.17) is 5.73 Å². The van der Waals surface area contributed by atoms with Gasteiger partial charge in [0.25, 0.3) is 0 Å². The lowest BCUT2D eigenvalue weighted by Gasteiger charge is -2.49. The molecule has 0 aromatic heterocycles. The van der Waals surface area contributed by atoms with Crippen molar-refractivity contribution in [3.63, 3.8) is 0 Å². The third-order valence-electron chi connectivity index (χ3n) is 5.44. The Morgan fingerprint density at radius 3 is 2.33 bits per heavy atom. The third kappa shape index (κ3) is 1.31. The van der Waals surface area contributed by atoms with Crippen LogP contribution in [0.4, 0.5) is 0 Å². The van der Waals surface area contributed by atoms with E-state index in [0.29, 0.717) is 5.92 Å². The molecule has 0 aliphatic heterocycles. The van der Waals surface area contributed by atoms with E-state index in [-0.39, 0.29) is 5.54 Å². The summed E-state index contributed by atoms with van der Waals surface area (Å²) in [6.07, 6.45) is 10.5. The Morgan fingerprint density at radius 1 is 1.07 bits per heavy atom. The fraction of sp³-hybridized carbons (Fsp3) is 1.00. The van der Waals surface area contributed by atoms with Crippen LogP contribution in [-0.4, -0.2) is 16.2 Å². The van der Waals surface area contributed by atoms with Crippen LogP contribution in [0.3, 0.4) is 0 Å². The molecule has 0 aromatic carbocycles. The first-order chi connectivity index (χ1) is 7.14. The molecule has 0 saturated heterocycles. The van der Waals surface area contributed by atoms with E-state index >= 15 is 0 Å². The Labute approximate surface area is 92.2 Å². The van der Waals surface area contributed by atoms with Gasteiger partial charge in [-0.05, 0) is 43.9 Å². The molecule has 0 radical (unpaired) electrons. The average Bonchev–Trinajstić information content (AvgIpc) is 2.79. The van der Waals surface area contributed by atoms with Crippen molar-refractivity contribution < 1.29 is 5.11 Å². The van der Waals surface area contributed by atoms with Crippen molar-refractivity contribution in [3.8, 4) is 0 Å². The van der Waals surface area contributed by atoms with E-state index in [2.05, 4.69) is 0 Å². The molecule has 2 bridgehead atoms. The van der Waals surface area contributed by atoms with E-state index < -0.39 is 5.60 Å². The normalized spacial score (nSPS) is 48.4. The van der Waals surface area contributed by atoms with Gasteiger partial charge in [0.1, 0.15) is 0 Å². The van der Waals surface area contributed by atoms with Gasteiger partial charge in [0, 0.05) is 5.54 Å². The Morgan fingerprint density at radius 2 is 1.80 bits per heavy atom. The van der Waals surface area contributed by atoms with E-state index in [1.165, 1.54) is 38.5 Å². The largest absolute Gasteiger partial charge is 0.388 e. The third-order valence-corrected chi connectivity index (χ3v) is 5.44. The molecule has 0 heterocycles. The summed E-state index contributed by atoms with van der Waals surface area (Å²) in [7, 11) is 0. The summed E-state index contributed by atoms with van der Waals surface area (Å²) < 4.78 is 0. The van der Waals surface area contributed by atoms with Gasteiger partial charge in [-0.3, -0.25) is 0 Å². The van der Waals surface area contributed by atoms with Crippen LogP contribution < -0.4 is 5.73 Å². The Balaban J connectivity index is 1.85. The maximum absolute atomic E-state index is 10.8. The molecule has 3 unspecified atom stereocenters. The van der Waals surface area contributed by atoms with Crippen molar-refractivity contribution in [2.24, 2.45) is 17.6 Å². The SMILES string of the molecule is NC1(C2(O)CCCCC2)CC2CCC1C2. The molecular weight excluding hydrogens is 186 g/mol. The highest BCUT2D eigenvalue weighted by molar-refractivity contribution is 5.15. The van der Waals surface area contributed by atoms with Crippen LogP contribution in [0, 0.1) is 11.8 Å². The zero-order valence-electron chi connectivity index (χ0n) is 9.54. The summed E-state index contributed by atoms with van der Waals surface area (Å²) in [5.41, 5.74) is 5.85. The van der Waals surface area contributed by atoms with Gasteiger partial charge in [0.15, 0.2) is 0 Å². The number of aliphatic hydroxyl groups is 1. The van der Waals surface area contributed by atoms with Crippen molar-refractivity contribution in [2.75, 3.05) is 0 Å². The smallest absolute Gasteiger partial charge is 0.0829 e. The van der Waals surface area contributed by atoms with Crippen LogP contribution in [0.15, 0.2) is 0 Å². The molecule has 15 heavy (non-hydrogen) atoms. The lowest BCUT2D eigenvalue weighted by atomic mass is 9.64. The molecule has 86 valence electrons. The summed E-state index contributed by atoms with van der Waals surface area (Å²) >= 11 is 0. The van der Waals surface area contributed by atoms with Crippen molar-refractivity contribution in [3.05, 3.63) is 0 Å². The molecule has 3 aliphatic carbocycles. The fourth-order valence-electron chi connectivity index (χ4n) is 4.54. The number of fused-ring (bicyclic) bond motifs is 2. The molecular formula is C13H23NO. The second kappa shape index (κ2) is 3.21. The minimum atomic E-state index is -0.523. The molecule has 2 heteroatoms. The van der Waals surface area contributed by atoms with Gasteiger partial charge in [-0.15, -0.1) is 0 Å². The number of hydrogen-bond donors (Lipinski definition) is 2. The highest BCUT2D eigenvalue weighted by Gasteiger charge is 2.58. The second-order valence-electron chi connectivity index (χ2n) is 6.21. The monoisotopic (exact) mass is 209 g/mol. The lowest BCUT2D eigenvalue weighted by molar-refractivity contribution is -0.0850. The summed E-state index contributed by atoms with van der Waals surface area (Å²) in [5, 5.41) is 10.8. The van der Waals surface area contributed by atoms with E-state index in [0.717, 1.165) is 25.2 Å². The van der Waals surface area contributed by atoms with Crippen molar-refractivity contribution in [1.82, 2.24) is 0 Å². The summed E-state index contributed by atoms with van der Waals surface area (Å²) in [6, 6.07) is 0. The predicted octanol–water partition coefficient (Wildman–Crippen LogP) is 2.20. The van der Waals surface area contributed by atoms with Crippen LogP contribution in [0.2, 0.25) is 0 Å². The average molecular weight is 209 g/mol. The second-order valence-corrected chi connectivity index (χ2v) is 6.21. The lowest BCUT2D eigenvalue weighted by Crippen LogP contribution is -2.64. The molecule has 3 N–H and O–H groups in total. The molecule has 0 amide bonds. The fourth-order valence-corrected chi connectivity index (χ4v) is 4.54. The quantitative estimate of drug-likeness (QED) is 0.695. The Hall–Kier alpha value is -0.0800. The van der Waals surface area contributed by atoms with Crippen LogP contribution in [0.1, 0.15) is 57.8 Å². The van der Waals surface area contributed by atoms with Crippen LogP contribution in [0.25, 0.3) is 0 Å². The number of hydrogen-bond acceptors (Lipinski definition) is 2. The molecule has 3 atom stereocenters. The number of rotatable bonds is 1. The first-order valence-electron chi connectivity index (χ1n) is 6.65. The van der Waals surface area contributed by atoms with Crippen LogP contribution in [-0.2, 0) is 0 Å². The maximum atomic E-state index is 10.8. The van der Waals surface area contributed by atoms with E-state index in [1.807, 2.05) is 0 Å². The predicted molar refractivity (Wildman–Crippen MR) is 60.4 cm³/mol. The van der Waals surface area contributed by atoms with Crippen molar-refractivity contribution in [1.29, 1.82) is 0 Å². The molecule has 3 saturated carbocycles. The van der Waals surface area contributed by atoms with E-state index in [9.17, 15) is 5.11 Å². The molecule has 2 nitrogen and oxygen atoms in total. The Bertz CT molecular complexity index is 259. The van der Waals surface area contributed by atoms with Crippen molar-refractivity contribution >= 4 is 0 Å².